The number of hydrogen-bond donors (Lipinski definition) is 0. The first-order valence-electron chi connectivity index (χ1n) is 10.7. The van der Waals surface area contributed by atoms with Gasteiger partial charge in [0.2, 0.25) is 0 Å². The summed E-state index contributed by atoms with van der Waals surface area (Å²) in [6, 6.07) is 13.2. The average molecular weight is 590 g/mol. The molecule has 4 aliphatic rings. The number of rotatable bonds is 0. The SMILES string of the molecule is [Pt+4].c1cc2cn3[cH-]n-2n2[cH-]n(cc1-2)CCCc1cc2ccc4cc([n-]c4c2[n-]1)CCC3. The van der Waals surface area contributed by atoms with Crippen LogP contribution in [0.4, 0.5) is 0 Å². The van der Waals surface area contributed by atoms with Gasteiger partial charge in [0.25, 0.3) is 0 Å². The van der Waals surface area contributed by atoms with Crippen LogP contribution in [-0.4, -0.2) is 18.5 Å². The normalized spacial score (nSPS) is 14.7. The predicted molar refractivity (Wildman–Crippen MR) is 117 cm³/mol. The number of benzene rings is 1. The van der Waals surface area contributed by atoms with Gasteiger partial charge in [0.1, 0.15) is 0 Å². The number of aryl methyl sites for hydroxylation is 4. The maximum absolute atomic E-state index is 4.95. The molecule has 0 spiro atoms. The van der Waals surface area contributed by atoms with E-state index in [4.69, 9.17) is 9.97 Å². The first kappa shape index (κ1) is 18.9. The van der Waals surface area contributed by atoms with Gasteiger partial charge in [-0.15, -0.1) is 35.6 Å². The average Bonchev–Trinajstić information content (AvgIpc) is 3.49. The van der Waals surface area contributed by atoms with Gasteiger partial charge in [0.05, 0.1) is 0 Å². The second-order valence-electron chi connectivity index (χ2n) is 8.48. The van der Waals surface area contributed by atoms with Crippen LogP contribution in [-0.2, 0) is 47.0 Å². The number of hydrogen-bond acceptors (Lipinski definition) is 0. The van der Waals surface area contributed by atoms with Crippen molar-refractivity contribution in [3.63, 3.8) is 0 Å². The fourth-order valence-electron chi connectivity index (χ4n) is 4.88. The molecule has 7 rings (SSSR count). The Morgan fingerprint density at radius 2 is 1.16 bits per heavy atom. The van der Waals surface area contributed by atoms with Crippen LogP contribution in [0.25, 0.3) is 33.2 Å². The van der Waals surface area contributed by atoms with E-state index in [9.17, 15) is 0 Å². The van der Waals surface area contributed by atoms with Crippen molar-refractivity contribution in [2.45, 2.75) is 38.8 Å². The van der Waals surface area contributed by atoms with Crippen LogP contribution in [0.5, 0.6) is 0 Å². The van der Waals surface area contributed by atoms with Crippen molar-refractivity contribution in [3.8, 4) is 11.4 Å². The molecule has 0 aliphatic carbocycles. The van der Waals surface area contributed by atoms with E-state index in [-0.39, 0.29) is 21.1 Å². The predicted octanol–water partition coefficient (Wildman–Crippen LogP) is 4.11. The minimum absolute atomic E-state index is 0. The maximum Gasteiger partial charge on any atom is 4.00 e. The van der Waals surface area contributed by atoms with Gasteiger partial charge in [-0.3, -0.25) is 0 Å². The molecule has 7 heteroatoms. The monoisotopic (exact) mass is 589 g/mol. The van der Waals surface area contributed by atoms with E-state index in [0.717, 1.165) is 49.8 Å². The van der Waals surface area contributed by atoms with E-state index < -0.39 is 0 Å². The number of aromatic nitrogens is 6. The molecule has 0 saturated heterocycles. The Labute approximate surface area is 194 Å². The molecule has 31 heavy (non-hydrogen) atoms. The molecule has 4 aliphatic heterocycles. The molecule has 0 atom stereocenters. The summed E-state index contributed by atoms with van der Waals surface area (Å²) in [7, 11) is 0. The Balaban J connectivity index is 0.00000185. The van der Waals surface area contributed by atoms with Gasteiger partial charge >= 0.3 is 21.1 Å². The van der Waals surface area contributed by atoms with E-state index in [2.05, 4.69) is 79.9 Å². The molecule has 6 nitrogen and oxygen atoms in total. The van der Waals surface area contributed by atoms with E-state index in [1.54, 1.807) is 0 Å². The molecular weight excluding hydrogens is 567 g/mol. The third kappa shape index (κ3) is 3.04. The van der Waals surface area contributed by atoms with Crippen molar-refractivity contribution >= 4 is 21.8 Å². The van der Waals surface area contributed by atoms with Crippen LogP contribution in [0.3, 0.4) is 0 Å². The Morgan fingerprint density at radius 3 is 1.65 bits per heavy atom. The molecule has 0 fully saturated rings. The standard InChI is InChI=1S/C24H22N6.Pt/c1-3-19-11-17-5-6-18-12-20(26-24(18)23(17)25-19)4-2-10-28-14-22-8-7-21-13-27(9-1)15-29(21)30(22)16-28;/h5-8,11-16H,1-4,9-10H2;/q-4;+4. The van der Waals surface area contributed by atoms with E-state index in [0.29, 0.717) is 0 Å². The second kappa shape index (κ2) is 7.10. The molecule has 0 unspecified atom stereocenters. The maximum atomic E-state index is 4.95. The zero-order chi connectivity index (χ0) is 19.7. The Morgan fingerprint density at radius 1 is 0.677 bits per heavy atom. The molecule has 3 aromatic rings. The Kier molecular flexibility index (Phi) is 4.32. The van der Waals surface area contributed by atoms with Crippen molar-refractivity contribution in [2.75, 3.05) is 0 Å². The minimum Gasteiger partial charge on any atom is -0.662 e. The molecular formula is C24H22N6Pt. The third-order valence-corrected chi connectivity index (χ3v) is 6.36. The van der Waals surface area contributed by atoms with Crippen molar-refractivity contribution < 1.29 is 21.1 Å². The van der Waals surface area contributed by atoms with Crippen LogP contribution in [0.15, 0.2) is 61.4 Å². The summed E-state index contributed by atoms with van der Waals surface area (Å²) in [6.45, 7) is 1.95. The van der Waals surface area contributed by atoms with Crippen LogP contribution in [0, 0.1) is 0 Å². The van der Waals surface area contributed by atoms with E-state index in [1.807, 2.05) is 0 Å². The number of nitrogens with zero attached hydrogens (tertiary/aromatic N) is 6. The molecule has 8 bridgehead atoms. The largest absolute Gasteiger partial charge is 4.00 e. The van der Waals surface area contributed by atoms with Crippen LogP contribution >= 0.6 is 0 Å². The Bertz CT molecular complexity index is 1350. The minimum atomic E-state index is 0. The molecule has 0 saturated carbocycles. The van der Waals surface area contributed by atoms with Gasteiger partial charge in [0, 0.05) is 0 Å². The van der Waals surface area contributed by atoms with Gasteiger partial charge in [-0.25, -0.2) is 0 Å². The van der Waals surface area contributed by atoms with E-state index >= 15 is 0 Å². The molecule has 2 aromatic heterocycles. The summed E-state index contributed by atoms with van der Waals surface area (Å²) in [4.78, 5) is 9.91. The van der Waals surface area contributed by atoms with Gasteiger partial charge in [-0.05, 0) is 62.2 Å². The summed E-state index contributed by atoms with van der Waals surface area (Å²) in [5.74, 6) is 0. The molecule has 1 aromatic carbocycles. The van der Waals surface area contributed by atoms with Gasteiger partial charge in [-0.2, -0.15) is 11.4 Å². The smallest absolute Gasteiger partial charge is 0.662 e. The fourth-order valence-corrected chi connectivity index (χ4v) is 4.88. The number of fused-ring (bicyclic) bond motifs is 4. The Hall–Kier alpha value is -2.85. The van der Waals surface area contributed by atoms with Crippen molar-refractivity contribution in [3.05, 3.63) is 72.8 Å². The molecule has 0 amide bonds. The van der Waals surface area contributed by atoms with Gasteiger partial charge in [-0.1, -0.05) is 35.6 Å². The van der Waals surface area contributed by atoms with Crippen molar-refractivity contribution in [2.24, 2.45) is 0 Å². The topological polar surface area (TPSA) is 47.9 Å². The molecule has 0 radical (unpaired) electrons. The summed E-state index contributed by atoms with van der Waals surface area (Å²) in [6.07, 6.45) is 12.9. The molecule has 0 N–H and O–H groups in total. The first-order valence-corrected chi connectivity index (χ1v) is 10.7. The third-order valence-electron chi connectivity index (χ3n) is 6.36. The van der Waals surface area contributed by atoms with Crippen LogP contribution in [0.2, 0.25) is 0 Å². The molecule has 6 heterocycles. The summed E-state index contributed by atoms with van der Waals surface area (Å²) in [5, 5.41) is 2.42. The first-order chi connectivity index (χ1) is 14.8. The number of imidazole rings is 2. The zero-order valence-electron chi connectivity index (χ0n) is 17.0. The molecule has 158 valence electrons. The van der Waals surface area contributed by atoms with Crippen LogP contribution < -0.4 is 9.97 Å². The summed E-state index contributed by atoms with van der Waals surface area (Å²) in [5.41, 5.74) is 6.87. The quantitative estimate of drug-likeness (QED) is 0.251. The van der Waals surface area contributed by atoms with Crippen molar-refractivity contribution in [1.29, 1.82) is 0 Å². The fraction of sp³-hybridized carbons (Fsp3) is 0.250. The van der Waals surface area contributed by atoms with Gasteiger partial charge in [0.15, 0.2) is 0 Å². The zero-order valence-corrected chi connectivity index (χ0v) is 19.3. The van der Waals surface area contributed by atoms with Gasteiger partial charge < -0.3 is 28.5 Å². The summed E-state index contributed by atoms with van der Waals surface area (Å²) >= 11 is 0. The van der Waals surface area contributed by atoms with Crippen LogP contribution in [0.1, 0.15) is 24.2 Å². The van der Waals surface area contributed by atoms with E-state index in [1.165, 1.54) is 33.5 Å². The second-order valence-corrected chi connectivity index (χ2v) is 8.48. The van der Waals surface area contributed by atoms with Crippen molar-refractivity contribution in [1.82, 2.24) is 28.5 Å². The summed E-state index contributed by atoms with van der Waals surface area (Å²) < 4.78 is 9.03.